The van der Waals surface area contributed by atoms with Crippen molar-refractivity contribution in [3.63, 3.8) is 0 Å². The predicted molar refractivity (Wildman–Crippen MR) is 64.0 cm³/mol. The zero-order valence-corrected chi connectivity index (χ0v) is 10.8. The van der Waals surface area contributed by atoms with Crippen LogP contribution in [0.5, 0.6) is 0 Å². The molecule has 5 nitrogen and oxygen atoms in total. The summed E-state index contributed by atoms with van der Waals surface area (Å²) < 4.78 is 0. The molecule has 0 aliphatic rings. The van der Waals surface area contributed by atoms with Gasteiger partial charge in [0.1, 0.15) is 0 Å². The van der Waals surface area contributed by atoms with Gasteiger partial charge in [0.15, 0.2) is 0 Å². The lowest BCUT2D eigenvalue weighted by molar-refractivity contribution is -0.125. The molecular formula is C11H23N3O2. The van der Waals surface area contributed by atoms with Crippen molar-refractivity contribution in [1.82, 2.24) is 16.0 Å². The van der Waals surface area contributed by atoms with Gasteiger partial charge in [0.25, 0.3) is 0 Å². The molecule has 0 saturated heterocycles. The number of hydrogen-bond donors (Lipinski definition) is 3. The van der Waals surface area contributed by atoms with Crippen LogP contribution in [0.3, 0.4) is 0 Å². The lowest BCUT2D eigenvalue weighted by atomic mass is 10.1. The predicted octanol–water partition coefficient (Wildman–Crippen LogP) is 0.0153. The first-order valence-corrected chi connectivity index (χ1v) is 5.52. The lowest BCUT2D eigenvalue weighted by Gasteiger charge is -2.23. The van der Waals surface area contributed by atoms with Gasteiger partial charge in [0.05, 0.1) is 6.04 Å². The highest BCUT2D eigenvalue weighted by Gasteiger charge is 2.18. The fraction of sp³-hybridized carbons (Fsp3) is 0.818. The molecule has 5 heteroatoms. The molecule has 0 spiro atoms. The monoisotopic (exact) mass is 229 g/mol. The summed E-state index contributed by atoms with van der Waals surface area (Å²) in [4.78, 5) is 22.6. The van der Waals surface area contributed by atoms with Crippen LogP contribution in [0.4, 0.5) is 0 Å². The van der Waals surface area contributed by atoms with E-state index in [4.69, 9.17) is 0 Å². The van der Waals surface area contributed by atoms with Gasteiger partial charge in [-0.2, -0.15) is 0 Å². The molecule has 0 aromatic carbocycles. The maximum atomic E-state index is 11.6. The van der Waals surface area contributed by atoms with E-state index in [1.54, 1.807) is 14.0 Å². The second kappa shape index (κ2) is 6.48. The van der Waals surface area contributed by atoms with Gasteiger partial charge in [-0.3, -0.25) is 9.59 Å². The summed E-state index contributed by atoms with van der Waals surface area (Å²) in [7, 11) is 1.60. The van der Waals surface area contributed by atoms with Crippen LogP contribution in [0, 0.1) is 0 Å². The summed E-state index contributed by atoms with van der Waals surface area (Å²) >= 11 is 0. The van der Waals surface area contributed by atoms with E-state index in [1.165, 1.54) is 0 Å². The second-order valence-corrected chi connectivity index (χ2v) is 4.84. The zero-order chi connectivity index (χ0) is 12.8. The quantitative estimate of drug-likeness (QED) is 0.622. The van der Waals surface area contributed by atoms with Crippen molar-refractivity contribution in [1.29, 1.82) is 0 Å². The second-order valence-electron chi connectivity index (χ2n) is 4.84. The van der Waals surface area contributed by atoms with Crippen LogP contribution < -0.4 is 16.0 Å². The van der Waals surface area contributed by atoms with Crippen LogP contribution in [-0.2, 0) is 9.59 Å². The van der Waals surface area contributed by atoms with Gasteiger partial charge >= 0.3 is 0 Å². The van der Waals surface area contributed by atoms with Gasteiger partial charge in [-0.05, 0) is 27.7 Å². The van der Waals surface area contributed by atoms with Crippen molar-refractivity contribution in [2.75, 3.05) is 13.6 Å². The molecule has 0 aliphatic heterocycles. The van der Waals surface area contributed by atoms with Gasteiger partial charge in [-0.25, -0.2) is 0 Å². The minimum atomic E-state index is -0.288. The molecule has 0 aromatic rings. The van der Waals surface area contributed by atoms with Crippen LogP contribution >= 0.6 is 0 Å². The summed E-state index contributed by atoms with van der Waals surface area (Å²) in [5.74, 6) is -0.0830. The number of amides is 2. The highest BCUT2D eigenvalue weighted by atomic mass is 16.2. The Morgan fingerprint density at radius 3 is 2.25 bits per heavy atom. The number of hydrogen-bond acceptors (Lipinski definition) is 3. The Hall–Kier alpha value is -1.10. The van der Waals surface area contributed by atoms with Crippen molar-refractivity contribution in [3.05, 3.63) is 0 Å². The molecule has 0 radical (unpaired) electrons. The Labute approximate surface area is 97.4 Å². The third-order valence-corrected chi connectivity index (χ3v) is 1.97. The molecule has 16 heavy (non-hydrogen) atoms. The van der Waals surface area contributed by atoms with Crippen molar-refractivity contribution in [3.8, 4) is 0 Å². The third kappa shape index (κ3) is 7.23. The highest BCUT2D eigenvalue weighted by molar-refractivity contribution is 5.82. The molecule has 0 bridgehead atoms. The fourth-order valence-electron chi connectivity index (χ4n) is 1.10. The van der Waals surface area contributed by atoms with Crippen molar-refractivity contribution in [2.24, 2.45) is 0 Å². The number of carbonyl (C=O) groups excluding carboxylic acids is 2. The average Bonchev–Trinajstić information content (AvgIpc) is 2.14. The van der Waals surface area contributed by atoms with Crippen molar-refractivity contribution < 1.29 is 9.59 Å². The Kier molecular flexibility index (Phi) is 6.03. The molecule has 3 N–H and O–H groups in total. The van der Waals surface area contributed by atoms with E-state index in [2.05, 4.69) is 16.0 Å². The molecule has 0 aromatic heterocycles. The Morgan fingerprint density at radius 2 is 1.81 bits per heavy atom. The summed E-state index contributed by atoms with van der Waals surface area (Å²) in [5.41, 5.74) is -0.228. The van der Waals surface area contributed by atoms with Gasteiger partial charge in [-0.1, -0.05) is 0 Å². The minimum Gasteiger partial charge on any atom is -0.359 e. The van der Waals surface area contributed by atoms with Crippen LogP contribution in [0.25, 0.3) is 0 Å². The fourth-order valence-corrected chi connectivity index (χ4v) is 1.10. The van der Waals surface area contributed by atoms with Crippen LogP contribution in [0.2, 0.25) is 0 Å². The molecule has 0 heterocycles. The zero-order valence-electron chi connectivity index (χ0n) is 10.8. The molecular weight excluding hydrogens is 206 g/mol. The topological polar surface area (TPSA) is 70.2 Å². The van der Waals surface area contributed by atoms with E-state index in [9.17, 15) is 9.59 Å². The first kappa shape index (κ1) is 14.9. The molecule has 0 saturated carbocycles. The Bertz CT molecular complexity index is 246. The first-order chi connectivity index (χ1) is 7.26. The Morgan fingerprint density at radius 1 is 1.25 bits per heavy atom. The van der Waals surface area contributed by atoms with E-state index in [0.29, 0.717) is 13.0 Å². The average molecular weight is 229 g/mol. The van der Waals surface area contributed by atoms with E-state index < -0.39 is 0 Å². The molecule has 0 fully saturated rings. The van der Waals surface area contributed by atoms with Gasteiger partial charge in [0, 0.05) is 25.6 Å². The SMILES string of the molecule is CNC(=O)CCNC(C)C(=O)NC(C)(C)C. The number of nitrogens with one attached hydrogen (secondary N) is 3. The van der Waals surface area contributed by atoms with Gasteiger partial charge in [0.2, 0.25) is 11.8 Å². The Balaban J connectivity index is 3.84. The van der Waals surface area contributed by atoms with Crippen molar-refractivity contribution in [2.45, 2.75) is 45.7 Å². The molecule has 1 atom stereocenters. The van der Waals surface area contributed by atoms with Crippen LogP contribution in [-0.4, -0.2) is 37.0 Å². The maximum absolute atomic E-state index is 11.6. The summed E-state index contributed by atoms with van der Waals surface area (Å²) in [6.07, 6.45) is 0.379. The highest BCUT2D eigenvalue weighted by Crippen LogP contribution is 1.99. The van der Waals surface area contributed by atoms with E-state index in [0.717, 1.165) is 0 Å². The standard InChI is InChI=1S/C11H23N3O2/c1-8(10(16)14-11(2,3)4)13-7-6-9(15)12-5/h8,13H,6-7H2,1-5H3,(H,12,15)(H,14,16). The summed E-state index contributed by atoms with van der Waals surface area (Å²) in [6.45, 7) is 8.08. The largest absolute Gasteiger partial charge is 0.359 e. The first-order valence-electron chi connectivity index (χ1n) is 5.52. The molecule has 0 rings (SSSR count). The number of carbonyl (C=O) groups is 2. The van der Waals surface area contributed by atoms with Crippen LogP contribution in [0.1, 0.15) is 34.1 Å². The van der Waals surface area contributed by atoms with Gasteiger partial charge in [-0.15, -0.1) is 0 Å². The lowest BCUT2D eigenvalue weighted by Crippen LogP contribution is -2.49. The van der Waals surface area contributed by atoms with Crippen molar-refractivity contribution >= 4 is 11.8 Å². The molecule has 0 aliphatic carbocycles. The number of rotatable bonds is 5. The molecule has 94 valence electrons. The van der Waals surface area contributed by atoms with E-state index in [1.807, 2.05) is 20.8 Å². The maximum Gasteiger partial charge on any atom is 0.237 e. The smallest absolute Gasteiger partial charge is 0.237 e. The molecule has 1 unspecified atom stereocenters. The molecule has 2 amide bonds. The third-order valence-electron chi connectivity index (χ3n) is 1.97. The van der Waals surface area contributed by atoms with E-state index in [-0.39, 0.29) is 23.4 Å². The van der Waals surface area contributed by atoms with Crippen LogP contribution in [0.15, 0.2) is 0 Å². The van der Waals surface area contributed by atoms with Gasteiger partial charge < -0.3 is 16.0 Å². The summed E-state index contributed by atoms with van der Waals surface area (Å²) in [6, 6.07) is -0.288. The minimum absolute atomic E-state index is 0.0315. The summed E-state index contributed by atoms with van der Waals surface area (Å²) in [5, 5.41) is 8.39. The van der Waals surface area contributed by atoms with E-state index >= 15 is 0 Å². The normalized spacial score (nSPS) is 13.1.